The Morgan fingerprint density at radius 1 is 1.43 bits per heavy atom. The Morgan fingerprint density at radius 2 is 2.14 bits per heavy atom. The lowest BCUT2D eigenvalue weighted by atomic mass is 10.1. The summed E-state index contributed by atoms with van der Waals surface area (Å²) in [6, 6.07) is 4.26. The fourth-order valence-electron chi connectivity index (χ4n) is 2.64. The van der Waals surface area contributed by atoms with Gasteiger partial charge in [-0.3, -0.25) is 4.90 Å². The quantitative estimate of drug-likeness (QED) is 0.839. The van der Waals surface area contributed by atoms with Gasteiger partial charge in [0.2, 0.25) is 0 Å². The van der Waals surface area contributed by atoms with Crippen molar-refractivity contribution < 1.29 is 13.9 Å². The third kappa shape index (κ3) is 4.00. The Morgan fingerprint density at radius 3 is 2.67 bits per heavy atom. The molecule has 2 unspecified atom stereocenters. The lowest BCUT2D eigenvalue weighted by Gasteiger charge is -2.42. The first kappa shape index (κ1) is 15.9. The standard InChI is InChI=1S/C16H26N2O3/c1-12-11-17(13(2)14-7-6-10-20-14)8-9-18(12)15(19)21-16(3,4)5/h6-7,10,12-13H,8-9,11H2,1-5H3. The molecule has 0 spiro atoms. The lowest BCUT2D eigenvalue weighted by molar-refractivity contribution is -0.00469. The predicted octanol–water partition coefficient (Wildman–Crippen LogP) is 3.28. The number of amides is 1. The maximum Gasteiger partial charge on any atom is 0.410 e. The summed E-state index contributed by atoms with van der Waals surface area (Å²) < 4.78 is 10.9. The van der Waals surface area contributed by atoms with Crippen LogP contribution in [0.4, 0.5) is 4.79 Å². The van der Waals surface area contributed by atoms with Crippen LogP contribution in [0.15, 0.2) is 22.8 Å². The van der Waals surface area contributed by atoms with Crippen LogP contribution in [0, 0.1) is 0 Å². The number of furan rings is 1. The van der Waals surface area contributed by atoms with Crippen LogP contribution in [0.2, 0.25) is 0 Å². The molecule has 1 aromatic heterocycles. The van der Waals surface area contributed by atoms with Crippen LogP contribution in [0.3, 0.4) is 0 Å². The Hall–Kier alpha value is -1.49. The van der Waals surface area contributed by atoms with E-state index in [9.17, 15) is 4.79 Å². The van der Waals surface area contributed by atoms with Gasteiger partial charge in [0.05, 0.1) is 12.3 Å². The minimum Gasteiger partial charge on any atom is -0.468 e. The molecule has 0 bridgehead atoms. The first-order valence-corrected chi connectivity index (χ1v) is 7.55. The van der Waals surface area contributed by atoms with E-state index in [4.69, 9.17) is 9.15 Å². The van der Waals surface area contributed by atoms with Gasteiger partial charge in [-0.2, -0.15) is 0 Å². The van der Waals surface area contributed by atoms with Crippen molar-refractivity contribution >= 4 is 6.09 Å². The minimum atomic E-state index is -0.449. The number of carbonyl (C=O) groups is 1. The smallest absolute Gasteiger partial charge is 0.410 e. The van der Waals surface area contributed by atoms with Crippen molar-refractivity contribution in [3.8, 4) is 0 Å². The number of carbonyl (C=O) groups excluding carboxylic acids is 1. The van der Waals surface area contributed by atoms with Crippen LogP contribution in [0.5, 0.6) is 0 Å². The molecule has 0 saturated carbocycles. The second kappa shape index (κ2) is 6.10. The molecule has 118 valence electrons. The van der Waals surface area contributed by atoms with Crippen molar-refractivity contribution in [2.24, 2.45) is 0 Å². The largest absolute Gasteiger partial charge is 0.468 e. The number of rotatable bonds is 2. The van der Waals surface area contributed by atoms with E-state index < -0.39 is 5.60 Å². The predicted molar refractivity (Wildman–Crippen MR) is 81.1 cm³/mol. The molecule has 5 heteroatoms. The van der Waals surface area contributed by atoms with E-state index in [0.717, 1.165) is 18.8 Å². The highest BCUT2D eigenvalue weighted by Gasteiger charge is 2.33. The molecule has 1 aliphatic rings. The maximum absolute atomic E-state index is 12.2. The molecule has 0 aliphatic carbocycles. The van der Waals surface area contributed by atoms with Gasteiger partial charge in [-0.15, -0.1) is 0 Å². The van der Waals surface area contributed by atoms with Crippen molar-refractivity contribution in [1.82, 2.24) is 9.80 Å². The van der Waals surface area contributed by atoms with Crippen LogP contribution in [0.25, 0.3) is 0 Å². The van der Waals surface area contributed by atoms with Crippen LogP contribution < -0.4 is 0 Å². The maximum atomic E-state index is 12.2. The Balaban J connectivity index is 1.94. The zero-order valence-electron chi connectivity index (χ0n) is 13.6. The van der Waals surface area contributed by atoms with E-state index in [2.05, 4.69) is 18.7 Å². The summed E-state index contributed by atoms with van der Waals surface area (Å²) in [5.74, 6) is 0.966. The van der Waals surface area contributed by atoms with Gasteiger partial charge in [0.15, 0.2) is 0 Å². The van der Waals surface area contributed by atoms with E-state index in [1.54, 1.807) is 6.26 Å². The van der Waals surface area contributed by atoms with Crippen LogP contribution in [-0.4, -0.2) is 47.2 Å². The summed E-state index contributed by atoms with van der Waals surface area (Å²) in [5.41, 5.74) is -0.449. The monoisotopic (exact) mass is 294 g/mol. The molecule has 0 N–H and O–H groups in total. The molecule has 1 aromatic rings. The highest BCUT2D eigenvalue weighted by Crippen LogP contribution is 2.24. The van der Waals surface area contributed by atoms with Crippen LogP contribution in [0.1, 0.15) is 46.4 Å². The first-order valence-electron chi connectivity index (χ1n) is 7.55. The molecular weight excluding hydrogens is 268 g/mol. The number of piperazine rings is 1. The third-order valence-electron chi connectivity index (χ3n) is 3.79. The van der Waals surface area contributed by atoms with Gasteiger partial charge in [-0.1, -0.05) is 0 Å². The number of hydrogen-bond acceptors (Lipinski definition) is 4. The minimum absolute atomic E-state index is 0.131. The first-order chi connectivity index (χ1) is 9.78. The summed E-state index contributed by atoms with van der Waals surface area (Å²) in [4.78, 5) is 16.3. The normalized spacial score (nSPS) is 22.1. The molecule has 1 amide bonds. The van der Waals surface area contributed by atoms with E-state index in [1.807, 2.05) is 37.8 Å². The molecule has 0 radical (unpaired) electrons. The molecule has 5 nitrogen and oxygen atoms in total. The summed E-state index contributed by atoms with van der Waals surface area (Å²) in [6.45, 7) is 12.2. The van der Waals surface area contributed by atoms with Gasteiger partial charge in [0, 0.05) is 25.7 Å². The molecule has 2 atom stereocenters. The summed E-state index contributed by atoms with van der Waals surface area (Å²) in [5, 5.41) is 0. The average molecular weight is 294 g/mol. The molecular formula is C16H26N2O3. The molecule has 2 rings (SSSR count). The van der Waals surface area contributed by atoms with E-state index in [1.165, 1.54) is 0 Å². The van der Waals surface area contributed by atoms with E-state index in [0.29, 0.717) is 6.54 Å². The topological polar surface area (TPSA) is 45.9 Å². The van der Waals surface area contributed by atoms with Crippen molar-refractivity contribution in [2.45, 2.75) is 52.3 Å². The summed E-state index contributed by atoms with van der Waals surface area (Å²) in [7, 11) is 0. The molecule has 2 heterocycles. The average Bonchev–Trinajstić information content (AvgIpc) is 2.89. The SMILES string of the molecule is CC(c1ccco1)N1CCN(C(=O)OC(C)(C)C)C(C)C1. The lowest BCUT2D eigenvalue weighted by Crippen LogP contribution is -2.55. The second-order valence-corrected chi connectivity index (χ2v) is 6.71. The number of ether oxygens (including phenoxy) is 1. The van der Waals surface area contributed by atoms with Gasteiger partial charge < -0.3 is 14.1 Å². The van der Waals surface area contributed by atoms with Crippen molar-refractivity contribution in [3.05, 3.63) is 24.2 Å². The highest BCUT2D eigenvalue weighted by molar-refractivity contribution is 5.68. The third-order valence-corrected chi connectivity index (χ3v) is 3.79. The Kier molecular flexibility index (Phi) is 4.61. The van der Waals surface area contributed by atoms with Gasteiger partial charge in [-0.05, 0) is 46.8 Å². The zero-order chi connectivity index (χ0) is 15.6. The summed E-state index contributed by atoms with van der Waals surface area (Å²) >= 11 is 0. The van der Waals surface area contributed by atoms with Gasteiger partial charge >= 0.3 is 6.09 Å². The molecule has 1 fully saturated rings. The number of nitrogens with zero attached hydrogens (tertiary/aromatic N) is 2. The summed E-state index contributed by atoms with van der Waals surface area (Å²) in [6.07, 6.45) is 1.48. The fourth-order valence-corrected chi connectivity index (χ4v) is 2.64. The van der Waals surface area contributed by atoms with Gasteiger partial charge in [0.1, 0.15) is 11.4 Å². The van der Waals surface area contributed by atoms with Crippen molar-refractivity contribution in [1.29, 1.82) is 0 Å². The van der Waals surface area contributed by atoms with Gasteiger partial charge in [-0.25, -0.2) is 4.79 Å². The van der Waals surface area contributed by atoms with Crippen LogP contribution in [-0.2, 0) is 4.74 Å². The van der Waals surface area contributed by atoms with Crippen LogP contribution >= 0.6 is 0 Å². The zero-order valence-corrected chi connectivity index (χ0v) is 13.6. The molecule has 1 saturated heterocycles. The van der Waals surface area contributed by atoms with Gasteiger partial charge in [0.25, 0.3) is 0 Å². The Bertz CT molecular complexity index is 464. The fraction of sp³-hybridized carbons (Fsp3) is 0.688. The molecule has 1 aliphatic heterocycles. The van der Waals surface area contributed by atoms with Crippen molar-refractivity contribution in [3.63, 3.8) is 0 Å². The van der Waals surface area contributed by atoms with E-state index >= 15 is 0 Å². The van der Waals surface area contributed by atoms with E-state index in [-0.39, 0.29) is 18.2 Å². The molecule has 21 heavy (non-hydrogen) atoms. The molecule has 0 aromatic carbocycles. The van der Waals surface area contributed by atoms with Crippen molar-refractivity contribution in [2.75, 3.05) is 19.6 Å². The highest BCUT2D eigenvalue weighted by atomic mass is 16.6. The number of hydrogen-bond donors (Lipinski definition) is 0. The Labute approximate surface area is 126 Å². The second-order valence-electron chi connectivity index (χ2n) is 6.71.